The average molecular weight is 299 g/mol. The van der Waals surface area contributed by atoms with Crippen LogP contribution in [-0.4, -0.2) is 15.0 Å². The zero-order valence-corrected chi connectivity index (χ0v) is 10.6. The van der Waals surface area contributed by atoms with Crippen molar-refractivity contribution in [3.05, 3.63) is 27.7 Å². The van der Waals surface area contributed by atoms with E-state index in [-0.39, 0.29) is 4.90 Å². The summed E-state index contributed by atoms with van der Waals surface area (Å²) in [5, 5.41) is 0.493. The van der Waals surface area contributed by atoms with Crippen molar-refractivity contribution in [2.24, 2.45) is 0 Å². The van der Waals surface area contributed by atoms with Crippen molar-refractivity contribution >= 4 is 37.6 Å². The van der Waals surface area contributed by atoms with Crippen LogP contribution in [0.1, 0.15) is 6.92 Å². The predicted molar refractivity (Wildman–Crippen MR) is 60.0 cm³/mol. The third kappa shape index (κ3) is 2.70. The number of halogens is 2. The second-order valence-corrected chi connectivity index (χ2v) is 5.60. The molecule has 0 aliphatic carbocycles. The van der Waals surface area contributed by atoms with E-state index in [1.807, 2.05) is 0 Å². The van der Waals surface area contributed by atoms with Gasteiger partial charge >= 0.3 is 0 Å². The van der Waals surface area contributed by atoms with E-state index in [2.05, 4.69) is 20.7 Å². The Labute approximate surface area is 96.6 Å². The molecule has 0 amide bonds. The van der Waals surface area contributed by atoms with Crippen molar-refractivity contribution in [1.29, 1.82) is 0 Å². The summed E-state index contributed by atoms with van der Waals surface area (Å²) in [5.41, 5.74) is 0. The van der Waals surface area contributed by atoms with Gasteiger partial charge in [0, 0.05) is 16.0 Å². The van der Waals surface area contributed by atoms with Gasteiger partial charge in [-0.2, -0.15) is 0 Å². The second-order valence-electron chi connectivity index (χ2n) is 2.58. The van der Waals surface area contributed by atoms with Crippen molar-refractivity contribution in [2.45, 2.75) is 11.8 Å². The Hall–Kier alpha value is -0.100. The molecule has 0 atom stereocenters. The molecule has 0 spiro atoms. The highest BCUT2D eigenvalue weighted by Gasteiger charge is 2.15. The van der Waals surface area contributed by atoms with Gasteiger partial charge in [0.1, 0.15) is 0 Å². The van der Waals surface area contributed by atoms with Gasteiger partial charge < -0.3 is 0 Å². The SMILES string of the molecule is CCNS(=O)(=O)c1ccc(Cl)cc1Br. The molecular weight excluding hydrogens is 290 g/mol. The molecule has 0 fully saturated rings. The Morgan fingerprint density at radius 3 is 2.64 bits per heavy atom. The van der Waals surface area contributed by atoms with Crippen LogP contribution in [0.15, 0.2) is 27.6 Å². The van der Waals surface area contributed by atoms with E-state index in [9.17, 15) is 8.42 Å². The maximum atomic E-state index is 11.6. The van der Waals surface area contributed by atoms with E-state index in [1.165, 1.54) is 12.1 Å². The molecule has 14 heavy (non-hydrogen) atoms. The lowest BCUT2D eigenvalue weighted by Gasteiger charge is -2.06. The Balaban J connectivity index is 3.20. The van der Waals surface area contributed by atoms with Crippen molar-refractivity contribution < 1.29 is 8.42 Å². The lowest BCUT2D eigenvalue weighted by molar-refractivity contribution is 0.583. The molecule has 0 radical (unpaired) electrons. The first-order valence-electron chi connectivity index (χ1n) is 3.92. The summed E-state index contributed by atoms with van der Waals surface area (Å²) in [7, 11) is -3.41. The van der Waals surface area contributed by atoms with Gasteiger partial charge in [0.15, 0.2) is 0 Å². The van der Waals surface area contributed by atoms with E-state index in [0.29, 0.717) is 16.0 Å². The molecule has 0 heterocycles. The van der Waals surface area contributed by atoms with Crippen LogP contribution in [0.3, 0.4) is 0 Å². The lowest BCUT2D eigenvalue weighted by atomic mass is 10.4. The smallest absolute Gasteiger partial charge is 0.211 e. The Morgan fingerprint density at radius 2 is 2.14 bits per heavy atom. The Bertz CT molecular complexity index is 433. The zero-order valence-electron chi connectivity index (χ0n) is 7.42. The van der Waals surface area contributed by atoms with E-state index in [4.69, 9.17) is 11.6 Å². The number of benzene rings is 1. The van der Waals surface area contributed by atoms with Gasteiger partial charge in [-0.3, -0.25) is 0 Å². The van der Waals surface area contributed by atoms with Crippen LogP contribution in [0.4, 0.5) is 0 Å². The molecule has 1 aromatic rings. The van der Waals surface area contributed by atoms with E-state index >= 15 is 0 Å². The van der Waals surface area contributed by atoms with Gasteiger partial charge in [0.2, 0.25) is 10.0 Å². The van der Waals surface area contributed by atoms with Gasteiger partial charge in [-0.1, -0.05) is 18.5 Å². The molecular formula is C8H9BrClNO2S. The predicted octanol–water partition coefficient (Wildman–Crippen LogP) is 2.40. The first kappa shape index (κ1) is 12.0. The molecule has 1 N–H and O–H groups in total. The largest absolute Gasteiger partial charge is 0.241 e. The zero-order chi connectivity index (χ0) is 10.8. The number of nitrogens with one attached hydrogen (secondary N) is 1. The average Bonchev–Trinajstić information content (AvgIpc) is 2.02. The van der Waals surface area contributed by atoms with Gasteiger partial charge in [-0.05, 0) is 34.1 Å². The molecule has 0 aliphatic rings. The van der Waals surface area contributed by atoms with E-state index < -0.39 is 10.0 Å². The molecule has 3 nitrogen and oxygen atoms in total. The summed E-state index contributed by atoms with van der Waals surface area (Å²) < 4.78 is 26.0. The lowest BCUT2D eigenvalue weighted by Crippen LogP contribution is -2.23. The highest BCUT2D eigenvalue weighted by molar-refractivity contribution is 9.10. The van der Waals surface area contributed by atoms with E-state index in [1.54, 1.807) is 13.0 Å². The number of hydrogen-bond donors (Lipinski definition) is 1. The molecule has 0 saturated heterocycles. The normalized spacial score (nSPS) is 11.6. The molecule has 0 saturated carbocycles. The molecule has 6 heteroatoms. The third-order valence-electron chi connectivity index (χ3n) is 1.52. The maximum absolute atomic E-state index is 11.6. The van der Waals surface area contributed by atoms with E-state index in [0.717, 1.165) is 0 Å². The van der Waals surface area contributed by atoms with Gasteiger partial charge in [-0.15, -0.1) is 0 Å². The first-order chi connectivity index (χ1) is 6.47. The van der Waals surface area contributed by atoms with Crippen LogP contribution in [0, 0.1) is 0 Å². The third-order valence-corrected chi connectivity index (χ3v) is 4.28. The fourth-order valence-electron chi connectivity index (χ4n) is 0.961. The van der Waals surface area contributed by atoms with Crippen molar-refractivity contribution in [2.75, 3.05) is 6.54 Å². The molecule has 1 aromatic carbocycles. The van der Waals surface area contributed by atoms with Crippen molar-refractivity contribution in [3.63, 3.8) is 0 Å². The van der Waals surface area contributed by atoms with Crippen LogP contribution >= 0.6 is 27.5 Å². The topological polar surface area (TPSA) is 46.2 Å². The molecule has 0 aromatic heterocycles. The van der Waals surface area contributed by atoms with Crippen LogP contribution in [0.5, 0.6) is 0 Å². The summed E-state index contributed by atoms with van der Waals surface area (Å²) in [5.74, 6) is 0. The summed E-state index contributed by atoms with van der Waals surface area (Å²) in [6, 6.07) is 4.55. The molecule has 0 bridgehead atoms. The summed E-state index contributed by atoms with van der Waals surface area (Å²) >= 11 is 8.85. The van der Waals surface area contributed by atoms with Gasteiger partial charge in [-0.25, -0.2) is 13.1 Å². The fraction of sp³-hybridized carbons (Fsp3) is 0.250. The Morgan fingerprint density at radius 1 is 1.50 bits per heavy atom. The standard InChI is InChI=1S/C8H9BrClNO2S/c1-2-11-14(12,13)8-4-3-6(10)5-7(8)9/h3-5,11H,2H2,1H3. The van der Waals surface area contributed by atoms with Crippen molar-refractivity contribution in [1.82, 2.24) is 4.72 Å². The monoisotopic (exact) mass is 297 g/mol. The maximum Gasteiger partial charge on any atom is 0.241 e. The molecule has 0 unspecified atom stereocenters. The summed E-state index contributed by atoms with van der Waals surface area (Å²) in [4.78, 5) is 0.198. The van der Waals surface area contributed by atoms with Gasteiger partial charge in [0.05, 0.1) is 4.90 Å². The molecule has 0 aliphatic heterocycles. The fourth-order valence-corrected chi connectivity index (χ4v) is 3.38. The number of hydrogen-bond acceptors (Lipinski definition) is 2. The van der Waals surface area contributed by atoms with Gasteiger partial charge in [0.25, 0.3) is 0 Å². The summed E-state index contributed by atoms with van der Waals surface area (Å²) in [6.45, 7) is 2.08. The van der Waals surface area contributed by atoms with Crippen LogP contribution < -0.4 is 4.72 Å². The number of rotatable bonds is 3. The minimum Gasteiger partial charge on any atom is -0.211 e. The molecule has 1 rings (SSSR count). The minimum absolute atomic E-state index is 0.198. The quantitative estimate of drug-likeness (QED) is 0.931. The van der Waals surface area contributed by atoms with Crippen molar-refractivity contribution in [3.8, 4) is 0 Å². The molecule has 78 valence electrons. The highest BCUT2D eigenvalue weighted by atomic mass is 79.9. The van der Waals surface area contributed by atoms with Crippen LogP contribution in [0.2, 0.25) is 5.02 Å². The van der Waals surface area contributed by atoms with Crippen LogP contribution in [0.25, 0.3) is 0 Å². The number of sulfonamides is 1. The first-order valence-corrected chi connectivity index (χ1v) is 6.57. The summed E-state index contributed by atoms with van der Waals surface area (Å²) in [6.07, 6.45) is 0. The highest BCUT2D eigenvalue weighted by Crippen LogP contribution is 2.24. The second kappa shape index (κ2) is 4.61. The Kier molecular flexibility index (Phi) is 3.94. The minimum atomic E-state index is -3.41. The van der Waals surface area contributed by atoms with Crippen LogP contribution in [-0.2, 0) is 10.0 Å².